The molecule has 3 unspecified atom stereocenters. The van der Waals surface area contributed by atoms with Crippen molar-refractivity contribution in [2.24, 2.45) is 0 Å². The molecule has 1 amide bonds. The Bertz CT molecular complexity index is 954. The van der Waals surface area contributed by atoms with E-state index in [0.717, 1.165) is 57.8 Å². The summed E-state index contributed by atoms with van der Waals surface area (Å²) in [6.07, 6.45) is 61.2. The van der Waals surface area contributed by atoms with Gasteiger partial charge in [0.1, 0.15) is 6.10 Å². The summed E-state index contributed by atoms with van der Waals surface area (Å²) in [7, 11) is 0. The van der Waals surface area contributed by atoms with Crippen molar-refractivity contribution in [3.05, 3.63) is 60.8 Å². The molecule has 0 saturated carbocycles. The number of carbonyl (C=O) groups excluding carboxylic acids is 1. The highest BCUT2D eigenvalue weighted by Gasteiger charge is 2.22. The van der Waals surface area contributed by atoms with Gasteiger partial charge in [-0.1, -0.05) is 222 Å². The van der Waals surface area contributed by atoms with Crippen LogP contribution < -0.4 is 5.32 Å². The molecule has 5 heteroatoms. The quantitative estimate of drug-likeness (QED) is 0.0366. The van der Waals surface area contributed by atoms with Gasteiger partial charge in [0.15, 0.2) is 0 Å². The molecule has 0 aromatic carbocycles. The molecule has 326 valence electrons. The van der Waals surface area contributed by atoms with Crippen molar-refractivity contribution in [3.8, 4) is 0 Å². The summed E-state index contributed by atoms with van der Waals surface area (Å²) in [5.41, 5.74) is 0. The molecule has 56 heavy (non-hydrogen) atoms. The van der Waals surface area contributed by atoms with Crippen LogP contribution in [0.25, 0.3) is 0 Å². The number of aliphatic hydroxyl groups excluding tert-OH is 3. The lowest BCUT2D eigenvalue weighted by Crippen LogP contribution is -2.48. The van der Waals surface area contributed by atoms with E-state index in [0.29, 0.717) is 6.42 Å². The number of aliphatic hydroxyl groups is 3. The minimum absolute atomic E-state index is 0.383. The van der Waals surface area contributed by atoms with Crippen molar-refractivity contribution in [2.75, 3.05) is 6.61 Å². The van der Waals surface area contributed by atoms with Crippen LogP contribution in [0.1, 0.15) is 232 Å². The molecular formula is C51H93NO4. The third-order valence-electron chi connectivity index (χ3n) is 10.8. The van der Waals surface area contributed by atoms with Gasteiger partial charge in [0.2, 0.25) is 5.91 Å². The van der Waals surface area contributed by atoms with Gasteiger partial charge in [0, 0.05) is 0 Å². The highest BCUT2D eigenvalue weighted by Crippen LogP contribution is 2.15. The van der Waals surface area contributed by atoms with Crippen LogP contribution in [0.2, 0.25) is 0 Å². The fourth-order valence-electron chi connectivity index (χ4n) is 7.08. The Morgan fingerprint density at radius 1 is 0.464 bits per heavy atom. The Kier molecular flexibility index (Phi) is 44.2. The summed E-state index contributed by atoms with van der Waals surface area (Å²) in [6.45, 7) is 4.07. The molecule has 0 heterocycles. The summed E-state index contributed by atoms with van der Waals surface area (Å²) >= 11 is 0. The molecule has 0 aromatic rings. The molecule has 0 saturated heterocycles. The van der Waals surface area contributed by atoms with E-state index in [-0.39, 0.29) is 6.61 Å². The number of amides is 1. The summed E-state index contributed by atoms with van der Waals surface area (Å²) in [4.78, 5) is 12.5. The van der Waals surface area contributed by atoms with Crippen LogP contribution in [-0.2, 0) is 4.79 Å². The van der Waals surface area contributed by atoms with Crippen molar-refractivity contribution >= 4 is 5.91 Å². The topological polar surface area (TPSA) is 89.8 Å². The van der Waals surface area contributed by atoms with Gasteiger partial charge in [-0.15, -0.1) is 0 Å². The van der Waals surface area contributed by atoms with Crippen molar-refractivity contribution in [1.29, 1.82) is 0 Å². The summed E-state index contributed by atoms with van der Waals surface area (Å²) in [6, 6.07) is -0.823. The molecule has 4 N–H and O–H groups in total. The Hall–Kier alpha value is -1.95. The molecule has 0 aromatic heterocycles. The maximum Gasteiger partial charge on any atom is 0.249 e. The van der Waals surface area contributed by atoms with Gasteiger partial charge in [-0.2, -0.15) is 0 Å². The Balaban J connectivity index is 3.71. The van der Waals surface area contributed by atoms with Gasteiger partial charge in [0.25, 0.3) is 0 Å². The lowest BCUT2D eigenvalue weighted by atomic mass is 10.0. The first-order valence-electron chi connectivity index (χ1n) is 24.1. The van der Waals surface area contributed by atoms with Crippen LogP contribution in [0, 0.1) is 0 Å². The first-order valence-corrected chi connectivity index (χ1v) is 24.1. The average Bonchev–Trinajstić information content (AvgIpc) is 3.20. The van der Waals surface area contributed by atoms with Crippen LogP contribution in [0.5, 0.6) is 0 Å². The number of nitrogens with one attached hydrogen (secondary N) is 1. The highest BCUT2D eigenvalue weighted by atomic mass is 16.3. The molecule has 3 atom stereocenters. The lowest BCUT2D eigenvalue weighted by molar-refractivity contribution is -0.131. The van der Waals surface area contributed by atoms with E-state index in [2.05, 4.69) is 67.8 Å². The molecule has 0 rings (SSSR count). The van der Waals surface area contributed by atoms with Gasteiger partial charge in [-0.25, -0.2) is 0 Å². The standard InChI is InChI=1S/C51H93NO4/c1-3-5-7-9-11-13-15-17-19-21-23-25-26-28-29-31-33-35-37-39-41-43-45-49(54)48(47-53)52-51(56)50(55)46-44-42-40-38-36-34-32-30-27-24-22-20-18-16-14-12-10-8-6-4-2/h6,8,12,14,28-29,35,37,43,45,48-50,53-55H,3-5,7,9-11,13,15-27,30-34,36,38-42,44,46-47H2,1-2H3,(H,52,56)/b8-6-,14-12-,29-28+,37-35+,45-43+. The fraction of sp³-hybridized carbons (Fsp3) is 0.784. The predicted octanol–water partition coefficient (Wildman–Crippen LogP) is 14.3. The van der Waals surface area contributed by atoms with Crippen molar-refractivity contribution in [3.63, 3.8) is 0 Å². The van der Waals surface area contributed by atoms with Gasteiger partial charge in [-0.3, -0.25) is 4.79 Å². The molecule has 0 aliphatic heterocycles. The first-order chi connectivity index (χ1) is 27.6. The Morgan fingerprint density at radius 2 is 0.839 bits per heavy atom. The number of hydrogen-bond acceptors (Lipinski definition) is 4. The van der Waals surface area contributed by atoms with Gasteiger partial charge in [0.05, 0.1) is 18.8 Å². The SMILES string of the molecule is CC/C=C\C/C=C\CCCCCCCCCCCCCCCC(O)C(=O)NC(CO)C(O)/C=C/CC/C=C/CC/C=C/CCCCCCCCCCCCCC. The number of carbonyl (C=O) groups is 1. The zero-order chi connectivity index (χ0) is 40.8. The van der Waals surface area contributed by atoms with Crippen LogP contribution in [0.3, 0.4) is 0 Å². The maximum absolute atomic E-state index is 12.5. The minimum Gasteiger partial charge on any atom is -0.394 e. The van der Waals surface area contributed by atoms with E-state index in [1.807, 2.05) is 6.08 Å². The second-order valence-corrected chi connectivity index (χ2v) is 16.3. The number of hydrogen-bond donors (Lipinski definition) is 4. The van der Waals surface area contributed by atoms with Crippen LogP contribution >= 0.6 is 0 Å². The number of rotatable bonds is 43. The second-order valence-electron chi connectivity index (χ2n) is 16.3. The predicted molar refractivity (Wildman–Crippen MR) is 245 cm³/mol. The largest absolute Gasteiger partial charge is 0.394 e. The van der Waals surface area contributed by atoms with Gasteiger partial charge < -0.3 is 20.6 Å². The Morgan fingerprint density at radius 3 is 1.29 bits per heavy atom. The van der Waals surface area contributed by atoms with E-state index in [1.54, 1.807) is 6.08 Å². The van der Waals surface area contributed by atoms with Crippen LogP contribution in [0.4, 0.5) is 0 Å². The van der Waals surface area contributed by atoms with E-state index in [1.165, 1.54) is 154 Å². The number of allylic oxidation sites excluding steroid dienone is 9. The molecule has 0 aliphatic carbocycles. The number of unbranched alkanes of at least 4 members (excludes halogenated alkanes) is 27. The zero-order valence-corrected chi connectivity index (χ0v) is 37.0. The first kappa shape index (κ1) is 54.0. The zero-order valence-electron chi connectivity index (χ0n) is 37.0. The highest BCUT2D eigenvalue weighted by molar-refractivity contribution is 5.80. The van der Waals surface area contributed by atoms with E-state index >= 15 is 0 Å². The summed E-state index contributed by atoms with van der Waals surface area (Å²) < 4.78 is 0. The van der Waals surface area contributed by atoms with E-state index in [4.69, 9.17) is 0 Å². The molecule has 0 bridgehead atoms. The van der Waals surface area contributed by atoms with Crippen LogP contribution in [-0.4, -0.2) is 46.1 Å². The molecule has 0 aliphatic rings. The van der Waals surface area contributed by atoms with Gasteiger partial charge in [-0.05, 0) is 70.6 Å². The normalized spacial score (nSPS) is 14.0. The van der Waals surface area contributed by atoms with E-state index < -0.39 is 24.2 Å². The van der Waals surface area contributed by atoms with Crippen molar-refractivity contribution in [1.82, 2.24) is 5.32 Å². The van der Waals surface area contributed by atoms with E-state index in [9.17, 15) is 20.1 Å². The molecule has 0 fully saturated rings. The molecule has 5 nitrogen and oxygen atoms in total. The van der Waals surface area contributed by atoms with Crippen molar-refractivity contribution in [2.45, 2.75) is 250 Å². The summed E-state index contributed by atoms with van der Waals surface area (Å²) in [5, 5.41) is 33.2. The molecule has 0 spiro atoms. The third-order valence-corrected chi connectivity index (χ3v) is 10.8. The summed E-state index contributed by atoms with van der Waals surface area (Å²) in [5.74, 6) is -0.519. The monoisotopic (exact) mass is 784 g/mol. The third kappa shape index (κ3) is 40.3. The van der Waals surface area contributed by atoms with Gasteiger partial charge >= 0.3 is 0 Å². The van der Waals surface area contributed by atoms with Crippen molar-refractivity contribution < 1.29 is 20.1 Å². The fourth-order valence-corrected chi connectivity index (χ4v) is 7.08. The smallest absolute Gasteiger partial charge is 0.249 e. The lowest BCUT2D eigenvalue weighted by Gasteiger charge is -2.21. The molecule has 0 radical (unpaired) electrons. The minimum atomic E-state index is -1.11. The maximum atomic E-state index is 12.5. The van der Waals surface area contributed by atoms with Crippen LogP contribution in [0.15, 0.2) is 60.8 Å². The second kappa shape index (κ2) is 45.7. The average molecular weight is 784 g/mol. The molecular weight excluding hydrogens is 691 g/mol. The Labute approximate surface area is 348 Å².